The van der Waals surface area contributed by atoms with Gasteiger partial charge in [-0.15, -0.1) is 4.40 Å². The molecule has 0 radical (unpaired) electrons. The summed E-state index contributed by atoms with van der Waals surface area (Å²) in [6.07, 6.45) is 2.11. The van der Waals surface area contributed by atoms with E-state index >= 15 is 0 Å². The third-order valence-electron chi connectivity index (χ3n) is 5.54. The summed E-state index contributed by atoms with van der Waals surface area (Å²) in [6.45, 7) is 4.76. The maximum atomic E-state index is 12.8. The monoisotopic (exact) mass is 437 g/mol. The molecule has 0 N–H and O–H groups in total. The van der Waals surface area contributed by atoms with Gasteiger partial charge < -0.3 is 14.5 Å². The first-order valence-electron chi connectivity index (χ1n) is 9.84. The first-order valence-corrected chi connectivity index (χ1v) is 11.7. The lowest BCUT2D eigenvalue weighted by Gasteiger charge is -2.25. The molecule has 3 aliphatic heterocycles. The topological polar surface area (TPSA) is 79.3 Å². The van der Waals surface area contributed by atoms with Crippen molar-refractivity contribution in [3.8, 4) is 0 Å². The molecule has 0 bridgehead atoms. The Morgan fingerprint density at radius 3 is 2.76 bits per heavy atom. The number of sulfonamides is 1. The zero-order valence-electron chi connectivity index (χ0n) is 16.3. The Hall–Kier alpha value is -1.90. The largest absolute Gasteiger partial charge is 0.368 e. The Morgan fingerprint density at radius 2 is 2.03 bits per heavy atom. The predicted octanol–water partition coefficient (Wildman–Crippen LogP) is 2.53. The number of nitrogens with zero attached hydrogens (tertiary/aromatic N) is 3. The minimum absolute atomic E-state index is 0.0391. The summed E-state index contributed by atoms with van der Waals surface area (Å²) in [4.78, 5) is 16.6. The fourth-order valence-electron chi connectivity index (χ4n) is 4.14. The minimum atomic E-state index is -3.79. The highest BCUT2D eigenvalue weighted by Crippen LogP contribution is 2.34. The molecule has 156 valence electrons. The standard InChI is InChI=1S/C20H24ClN3O4S/c1-14-18(15-5-2-6-16(21)13-15)29(26,27)22-19(14)23-8-4-9-24(11-10-23)20(25)17-7-3-12-28-17/h2,5-6,13,17H,3-4,7-12H2,1H3. The zero-order valence-corrected chi connectivity index (χ0v) is 17.9. The summed E-state index contributed by atoms with van der Waals surface area (Å²) in [5, 5.41) is 0.476. The van der Waals surface area contributed by atoms with Gasteiger partial charge in [-0.3, -0.25) is 4.79 Å². The van der Waals surface area contributed by atoms with E-state index in [9.17, 15) is 13.2 Å². The molecule has 2 fully saturated rings. The fourth-order valence-corrected chi connectivity index (χ4v) is 5.80. The van der Waals surface area contributed by atoms with Gasteiger partial charge in [-0.25, -0.2) is 0 Å². The number of rotatable bonds is 2. The number of ether oxygens (including phenoxy) is 1. The number of hydrogen-bond acceptors (Lipinski definition) is 5. The maximum absolute atomic E-state index is 12.8. The zero-order chi connectivity index (χ0) is 20.6. The van der Waals surface area contributed by atoms with Crippen molar-refractivity contribution in [1.82, 2.24) is 9.80 Å². The number of halogens is 1. The second-order valence-electron chi connectivity index (χ2n) is 7.52. The SMILES string of the molecule is CC1=C(c2cccc(Cl)c2)S(=O)(=O)N=C1N1CCCN(C(=O)C2CCCO2)CC1. The van der Waals surface area contributed by atoms with Crippen LogP contribution in [-0.2, 0) is 19.6 Å². The molecule has 29 heavy (non-hydrogen) atoms. The van der Waals surface area contributed by atoms with Gasteiger partial charge in [-0.1, -0.05) is 23.7 Å². The quantitative estimate of drug-likeness (QED) is 0.710. The van der Waals surface area contributed by atoms with Crippen LogP contribution in [0.4, 0.5) is 0 Å². The van der Waals surface area contributed by atoms with E-state index in [1.165, 1.54) is 0 Å². The second-order valence-corrected chi connectivity index (χ2v) is 9.50. The molecule has 9 heteroatoms. The van der Waals surface area contributed by atoms with Crippen molar-refractivity contribution in [3.63, 3.8) is 0 Å². The molecule has 0 aromatic heterocycles. The average Bonchev–Trinajstić information content (AvgIpc) is 3.20. The lowest BCUT2D eigenvalue weighted by atomic mass is 10.1. The lowest BCUT2D eigenvalue weighted by Crippen LogP contribution is -2.41. The molecular formula is C20H24ClN3O4S. The molecule has 0 spiro atoms. The Morgan fingerprint density at radius 1 is 1.21 bits per heavy atom. The van der Waals surface area contributed by atoms with Crippen molar-refractivity contribution in [2.24, 2.45) is 4.40 Å². The number of carbonyl (C=O) groups excluding carboxylic acids is 1. The highest BCUT2D eigenvalue weighted by molar-refractivity contribution is 8.00. The normalized spacial score (nSPS) is 24.6. The van der Waals surface area contributed by atoms with E-state index in [0.717, 1.165) is 19.3 Å². The number of carbonyl (C=O) groups is 1. The molecule has 1 unspecified atom stereocenters. The van der Waals surface area contributed by atoms with Gasteiger partial charge in [0.1, 0.15) is 16.8 Å². The Kier molecular flexibility index (Phi) is 5.68. The van der Waals surface area contributed by atoms with Crippen molar-refractivity contribution < 1.29 is 17.9 Å². The predicted molar refractivity (Wildman–Crippen MR) is 112 cm³/mol. The van der Waals surface area contributed by atoms with E-state index in [1.807, 2.05) is 9.80 Å². The molecule has 3 heterocycles. The minimum Gasteiger partial charge on any atom is -0.368 e. The molecular weight excluding hydrogens is 414 g/mol. The number of hydrogen-bond donors (Lipinski definition) is 0. The maximum Gasteiger partial charge on any atom is 0.285 e. The summed E-state index contributed by atoms with van der Waals surface area (Å²) in [5.41, 5.74) is 1.16. The van der Waals surface area contributed by atoms with Gasteiger partial charge in [0.05, 0.1) is 0 Å². The summed E-state index contributed by atoms with van der Waals surface area (Å²) in [5.74, 6) is 0.503. The van der Waals surface area contributed by atoms with E-state index in [1.54, 1.807) is 31.2 Å². The molecule has 7 nitrogen and oxygen atoms in total. The summed E-state index contributed by atoms with van der Waals surface area (Å²) >= 11 is 6.06. The van der Waals surface area contributed by atoms with Gasteiger partial charge in [0, 0.05) is 43.4 Å². The molecule has 1 aromatic carbocycles. The molecule has 3 aliphatic rings. The van der Waals surface area contributed by atoms with Crippen molar-refractivity contribution in [1.29, 1.82) is 0 Å². The summed E-state index contributed by atoms with van der Waals surface area (Å²) in [7, 11) is -3.79. The van der Waals surface area contributed by atoms with Gasteiger partial charge >= 0.3 is 0 Å². The smallest absolute Gasteiger partial charge is 0.285 e. The molecule has 0 saturated carbocycles. The van der Waals surface area contributed by atoms with E-state index in [0.29, 0.717) is 54.8 Å². The first-order chi connectivity index (χ1) is 13.9. The molecule has 1 aromatic rings. The number of amidine groups is 1. The van der Waals surface area contributed by atoms with E-state index in [2.05, 4.69) is 4.40 Å². The van der Waals surface area contributed by atoms with Crippen LogP contribution in [0.1, 0.15) is 31.7 Å². The van der Waals surface area contributed by atoms with Crippen molar-refractivity contribution >= 4 is 38.3 Å². The van der Waals surface area contributed by atoms with E-state index in [4.69, 9.17) is 16.3 Å². The van der Waals surface area contributed by atoms with Crippen LogP contribution in [0, 0.1) is 0 Å². The van der Waals surface area contributed by atoms with E-state index < -0.39 is 10.0 Å². The van der Waals surface area contributed by atoms with Crippen molar-refractivity contribution in [3.05, 3.63) is 40.4 Å². The molecule has 0 aliphatic carbocycles. The summed E-state index contributed by atoms with van der Waals surface area (Å²) < 4.78 is 35.1. The van der Waals surface area contributed by atoms with E-state index in [-0.39, 0.29) is 16.9 Å². The van der Waals surface area contributed by atoms with Crippen molar-refractivity contribution in [2.75, 3.05) is 32.8 Å². The van der Waals surface area contributed by atoms with Gasteiger partial charge in [0.25, 0.3) is 15.9 Å². The van der Waals surface area contributed by atoms with Crippen LogP contribution < -0.4 is 0 Å². The third kappa shape index (κ3) is 4.06. The van der Waals surface area contributed by atoms with Crippen LogP contribution in [-0.4, -0.2) is 68.9 Å². The average molecular weight is 438 g/mol. The highest BCUT2D eigenvalue weighted by Gasteiger charge is 2.35. The highest BCUT2D eigenvalue weighted by atomic mass is 35.5. The van der Waals surface area contributed by atoms with Gasteiger partial charge in [0.15, 0.2) is 0 Å². The van der Waals surface area contributed by atoms with Gasteiger partial charge in [-0.05, 0) is 43.9 Å². The fraction of sp³-hybridized carbons (Fsp3) is 0.500. The van der Waals surface area contributed by atoms with Crippen LogP contribution in [0.3, 0.4) is 0 Å². The van der Waals surface area contributed by atoms with Crippen LogP contribution >= 0.6 is 11.6 Å². The second kappa shape index (κ2) is 8.08. The first kappa shape index (κ1) is 20.4. The molecule has 4 rings (SSSR count). The van der Waals surface area contributed by atoms with Gasteiger partial charge in [-0.2, -0.15) is 8.42 Å². The van der Waals surface area contributed by atoms with Gasteiger partial charge in [0.2, 0.25) is 0 Å². The van der Waals surface area contributed by atoms with Crippen LogP contribution in [0.5, 0.6) is 0 Å². The lowest BCUT2D eigenvalue weighted by molar-refractivity contribution is -0.140. The van der Waals surface area contributed by atoms with Crippen LogP contribution in [0.15, 0.2) is 34.2 Å². The molecule has 1 amide bonds. The summed E-state index contributed by atoms with van der Waals surface area (Å²) in [6, 6.07) is 6.80. The Bertz CT molecular complexity index is 983. The van der Waals surface area contributed by atoms with Crippen LogP contribution in [0.25, 0.3) is 4.91 Å². The van der Waals surface area contributed by atoms with Crippen molar-refractivity contribution in [2.45, 2.75) is 32.3 Å². The van der Waals surface area contributed by atoms with Crippen LogP contribution in [0.2, 0.25) is 5.02 Å². The molecule has 2 saturated heterocycles. The Labute approximate surface area is 176 Å². The third-order valence-corrected chi connectivity index (χ3v) is 7.25. The number of amides is 1. The molecule has 1 atom stereocenters. The Balaban J connectivity index is 1.54. The number of benzene rings is 1.